The average molecular weight is 1250 g/mol. The molecule has 8 aliphatic rings. The summed E-state index contributed by atoms with van der Waals surface area (Å²) in [6.07, 6.45) is -12.9. The molecule has 0 spiro atoms. The van der Waals surface area contributed by atoms with Gasteiger partial charge in [0.2, 0.25) is 0 Å². The lowest BCUT2D eigenvalue weighted by Gasteiger charge is -2.52. The molecule has 8 heterocycles. The van der Waals surface area contributed by atoms with Crippen LogP contribution in [0.2, 0.25) is 0 Å². The number of aliphatic hydroxyl groups is 6. The first-order valence-corrected chi connectivity index (χ1v) is 33.7. The first-order chi connectivity index (χ1) is 41.2. The monoisotopic (exact) mass is 1250 g/mol. The minimum Gasteiger partial charge on any atom is -0.394 e. The fourth-order valence-corrected chi connectivity index (χ4v) is 15.4. The van der Waals surface area contributed by atoms with E-state index in [-0.39, 0.29) is 140 Å². The zero-order valence-electron chi connectivity index (χ0n) is 56.1. The fourth-order valence-electron chi connectivity index (χ4n) is 15.4. The Kier molecular flexibility index (Phi) is 25.4. The molecule has 8 fully saturated rings. The number of ether oxygens (including phenoxy) is 15. The molecule has 0 amide bonds. The van der Waals surface area contributed by atoms with Crippen LogP contribution in [-0.4, -0.2) is 211 Å². The smallest absolute Gasteiger partial charge is 0.163 e. The summed E-state index contributed by atoms with van der Waals surface area (Å²) < 4.78 is 99.4. The molecule has 0 aromatic rings. The van der Waals surface area contributed by atoms with E-state index in [1.54, 1.807) is 0 Å². The Morgan fingerprint density at radius 2 is 0.483 bits per heavy atom. The zero-order chi connectivity index (χ0) is 63.9. The zero-order valence-corrected chi connectivity index (χ0v) is 56.1. The van der Waals surface area contributed by atoms with Crippen molar-refractivity contribution in [1.29, 1.82) is 0 Å². The topological polar surface area (TPSA) is 260 Å². The molecular formula is C66H118O21. The molecule has 0 saturated carbocycles. The van der Waals surface area contributed by atoms with Crippen LogP contribution in [-0.2, 0) is 71.1 Å². The van der Waals surface area contributed by atoms with Crippen molar-refractivity contribution in [2.24, 2.45) is 94.7 Å². The predicted molar refractivity (Wildman–Crippen MR) is 319 cm³/mol. The van der Waals surface area contributed by atoms with Gasteiger partial charge in [-0.05, 0) is 80.5 Å². The van der Waals surface area contributed by atoms with Gasteiger partial charge in [0, 0.05) is 41.4 Å². The molecule has 87 heavy (non-hydrogen) atoms. The van der Waals surface area contributed by atoms with Crippen LogP contribution in [0.1, 0.15) is 145 Å². The van der Waals surface area contributed by atoms with Crippen molar-refractivity contribution < 1.29 is 102 Å². The van der Waals surface area contributed by atoms with Crippen LogP contribution in [0.15, 0.2) is 0 Å². The largest absolute Gasteiger partial charge is 0.394 e. The molecule has 0 aromatic carbocycles. The molecule has 508 valence electrons. The van der Waals surface area contributed by atoms with E-state index in [0.717, 1.165) is 6.42 Å². The second-order valence-electron chi connectivity index (χ2n) is 28.8. The third kappa shape index (κ3) is 14.8. The van der Waals surface area contributed by atoms with E-state index >= 15 is 0 Å². The van der Waals surface area contributed by atoms with Crippen LogP contribution < -0.4 is 0 Å². The number of rotatable bonds is 20. The summed E-state index contributed by atoms with van der Waals surface area (Å²) >= 11 is 0. The van der Waals surface area contributed by atoms with Gasteiger partial charge in [-0.2, -0.15) is 0 Å². The van der Waals surface area contributed by atoms with E-state index in [0.29, 0.717) is 11.8 Å². The third-order valence-corrected chi connectivity index (χ3v) is 23.7. The van der Waals surface area contributed by atoms with Crippen LogP contribution in [0.4, 0.5) is 0 Å². The first kappa shape index (κ1) is 72.0. The SMILES string of the molecule is CCC1O[C@@H](C)C(C)[C@@H](C)[C@H]1O[C@H]1O[C@@H](C)[C@@H](O[C@H]2O[C@H](CO)[C@@H](O[C@@H]3OC(C)[C@H](O[C@@H]4OC(CO)[C@H](O[C@@H]5OC(CO)[C@H](O[C@@H]6OC(CO)[C@H](O[C@@H]7OC(CO)[C@H](C)[C@H](C)C7C)[C@H](C)C6C)[C@H](C)C5C)[C@H](C)C4C)[C@H](C)C3C)C(O)C2C)C(C)C1C. The average Bonchev–Trinajstić information content (AvgIpc) is 1.94. The fraction of sp³-hybridized carbons (Fsp3) is 1.00. The summed E-state index contributed by atoms with van der Waals surface area (Å²) in [5, 5.41) is 65.3. The van der Waals surface area contributed by atoms with Gasteiger partial charge in [-0.25, -0.2) is 0 Å². The summed E-state index contributed by atoms with van der Waals surface area (Å²) in [5.41, 5.74) is 0. The molecule has 0 aliphatic carbocycles. The lowest BCUT2D eigenvalue weighted by atomic mass is 9.78. The second kappa shape index (κ2) is 30.7. The minimum absolute atomic E-state index is 0.00831. The van der Waals surface area contributed by atoms with Crippen molar-refractivity contribution in [2.75, 3.05) is 33.0 Å². The van der Waals surface area contributed by atoms with E-state index in [2.05, 4.69) is 83.1 Å². The van der Waals surface area contributed by atoms with E-state index < -0.39 is 124 Å². The Labute approximate surface area is 520 Å². The van der Waals surface area contributed by atoms with Gasteiger partial charge in [-0.3, -0.25) is 0 Å². The predicted octanol–water partition coefficient (Wildman–Crippen LogP) is 6.49. The summed E-state index contributed by atoms with van der Waals surface area (Å²) in [7, 11) is 0. The molecule has 40 atom stereocenters. The molecule has 6 N–H and O–H groups in total. The van der Waals surface area contributed by atoms with Crippen molar-refractivity contribution in [3.05, 3.63) is 0 Å². The number of hydrogen-bond donors (Lipinski definition) is 6. The Morgan fingerprint density at radius 3 is 0.828 bits per heavy atom. The first-order valence-electron chi connectivity index (χ1n) is 33.7. The third-order valence-electron chi connectivity index (χ3n) is 23.7. The van der Waals surface area contributed by atoms with Crippen LogP contribution >= 0.6 is 0 Å². The highest BCUT2D eigenvalue weighted by atomic mass is 16.8. The second-order valence-corrected chi connectivity index (χ2v) is 28.8. The molecule has 0 radical (unpaired) electrons. The van der Waals surface area contributed by atoms with E-state index in [1.807, 2.05) is 55.4 Å². The van der Waals surface area contributed by atoms with Gasteiger partial charge in [0.15, 0.2) is 44.0 Å². The summed E-state index contributed by atoms with van der Waals surface area (Å²) in [5.74, 6) is -0.929. The summed E-state index contributed by atoms with van der Waals surface area (Å²) in [4.78, 5) is 0. The molecule has 0 aromatic heterocycles. The van der Waals surface area contributed by atoms with Crippen molar-refractivity contribution in [1.82, 2.24) is 0 Å². The molecule has 8 saturated heterocycles. The van der Waals surface area contributed by atoms with Gasteiger partial charge in [0.05, 0.1) is 106 Å². The maximum atomic E-state index is 12.0. The standard InChI is InChI=1S/C66H118O21/c1-21-46-55(30(5)28(3)43(18)73-46)83-60-37(12)31(6)54(45(20)74-60)82-66-42(17)52(72)59(51(26-71)80-66)87-61-38(13)32(7)53(44(19)75-61)81-63-39(14)33(8)57(48(23-68)77-63)85-65-41(16)35(10)58(50(25-70)79-65)86-64-40(15)34(9)56(49(24-69)78-64)84-62-36(11)27(2)29(4)47(22-67)76-62/h27-72H,21-26H2,1-20H3/t27-,28?,29+,30+,31?,32+,33+,34+,35+,36?,37?,38?,39?,40?,41?,42?,43-,44?,45-,46?,47?,48?,49?,50?,51+,52?,53+,54-,55+,56+,57+,58+,59+,60+,61-,62-,63-,64-,65-,66+/m0/s1. The van der Waals surface area contributed by atoms with E-state index in [9.17, 15) is 30.6 Å². The quantitative estimate of drug-likeness (QED) is 0.0761. The molecule has 21 nitrogen and oxygen atoms in total. The van der Waals surface area contributed by atoms with Gasteiger partial charge < -0.3 is 102 Å². The Morgan fingerprint density at radius 1 is 0.230 bits per heavy atom. The molecular weight excluding hydrogens is 1130 g/mol. The van der Waals surface area contributed by atoms with Crippen LogP contribution in [0.3, 0.4) is 0 Å². The van der Waals surface area contributed by atoms with Crippen molar-refractivity contribution in [3.8, 4) is 0 Å². The van der Waals surface area contributed by atoms with Crippen molar-refractivity contribution in [3.63, 3.8) is 0 Å². The Balaban J connectivity index is 0.834. The molecule has 21 heteroatoms. The number of hydrogen-bond acceptors (Lipinski definition) is 21. The van der Waals surface area contributed by atoms with Gasteiger partial charge >= 0.3 is 0 Å². The highest BCUT2D eigenvalue weighted by molar-refractivity contribution is 4.98. The highest BCUT2D eigenvalue weighted by Crippen LogP contribution is 2.47. The van der Waals surface area contributed by atoms with Gasteiger partial charge in [-0.1, -0.05) is 118 Å². The van der Waals surface area contributed by atoms with Crippen LogP contribution in [0.5, 0.6) is 0 Å². The normalized spacial score (nSPS) is 54.6. The van der Waals surface area contributed by atoms with Crippen LogP contribution in [0, 0.1) is 94.7 Å². The van der Waals surface area contributed by atoms with Gasteiger partial charge in [0.25, 0.3) is 0 Å². The van der Waals surface area contributed by atoms with Gasteiger partial charge in [0.1, 0.15) is 30.5 Å². The molecule has 8 rings (SSSR count). The maximum absolute atomic E-state index is 12.0. The molecule has 16 unspecified atom stereocenters. The molecule has 8 aliphatic heterocycles. The Hall–Kier alpha value is -0.840. The maximum Gasteiger partial charge on any atom is 0.163 e. The lowest BCUT2D eigenvalue weighted by molar-refractivity contribution is -0.374. The van der Waals surface area contributed by atoms with Crippen molar-refractivity contribution >= 4 is 0 Å². The number of aliphatic hydroxyl groups excluding tert-OH is 6. The van der Waals surface area contributed by atoms with Gasteiger partial charge in [-0.15, -0.1) is 0 Å². The van der Waals surface area contributed by atoms with E-state index in [4.69, 9.17) is 71.1 Å². The molecule has 0 bridgehead atoms. The van der Waals surface area contributed by atoms with E-state index in [1.165, 1.54) is 0 Å². The summed E-state index contributed by atoms with van der Waals surface area (Å²) in [6.45, 7) is 39.9. The summed E-state index contributed by atoms with van der Waals surface area (Å²) in [6, 6.07) is 0. The Bertz CT molecular complexity index is 2070. The van der Waals surface area contributed by atoms with Crippen molar-refractivity contribution in [2.45, 2.75) is 293 Å². The minimum atomic E-state index is -1.07. The van der Waals surface area contributed by atoms with Crippen LogP contribution in [0.25, 0.3) is 0 Å². The highest BCUT2D eigenvalue weighted by Gasteiger charge is 2.56. The lowest BCUT2D eigenvalue weighted by Crippen LogP contribution is -2.62.